The Morgan fingerprint density at radius 1 is 1.15 bits per heavy atom. The maximum Gasteiger partial charge on any atom is 0.142 e. The van der Waals surface area contributed by atoms with Gasteiger partial charge in [-0.25, -0.2) is 4.39 Å². The van der Waals surface area contributed by atoms with Crippen LogP contribution >= 0.6 is 0 Å². The molecule has 13 heavy (non-hydrogen) atoms. The fourth-order valence-electron chi connectivity index (χ4n) is 1.95. The first kappa shape index (κ1) is 8.79. The number of halogens is 1. The molecule has 2 aliphatic rings. The summed E-state index contributed by atoms with van der Waals surface area (Å²) in [6, 6.07) is 0. The lowest BCUT2D eigenvalue weighted by Crippen LogP contribution is -2.29. The van der Waals surface area contributed by atoms with E-state index in [9.17, 15) is 4.39 Å². The monoisotopic (exact) mass is 180 g/mol. The molecule has 0 aromatic carbocycles. The Morgan fingerprint density at radius 3 is 2.62 bits per heavy atom. The van der Waals surface area contributed by atoms with Crippen molar-refractivity contribution >= 4 is 0 Å². The van der Waals surface area contributed by atoms with Crippen molar-refractivity contribution in [2.24, 2.45) is 0 Å². The van der Waals surface area contributed by atoms with E-state index < -0.39 is 0 Å². The van der Waals surface area contributed by atoms with E-state index in [2.05, 4.69) is 4.90 Å². The maximum atomic E-state index is 13.4. The summed E-state index contributed by atoms with van der Waals surface area (Å²) in [6.45, 7) is 2.04. The van der Waals surface area contributed by atoms with Crippen molar-refractivity contribution in [2.75, 3.05) is 13.1 Å². The van der Waals surface area contributed by atoms with Crippen LogP contribution in [0.4, 0.5) is 4.39 Å². The minimum Gasteiger partial charge on any atom is -0.369 e. The Balaban J connectivity index is 2.05. The highest BCUT2D eigenvalue weighted by atomic mass is 19.1. The highest BCUT2D eigenvalue weighted by molar-refractivity contribution is 5.31. The second-order valence-corrected chi connectivity index (χ2v) is 3.62. The van der Waals surface area contributed by atoms with Crippen LogP contribution in [-0.4, -0.2) is 18.0 Å². The van der Waals surface area contributed by atoms with E-state index in [-0.39, 0.29) is 5.83 Å². The average molecular weight is 180 g/mol. The third-order valence-electron chi connectivity index (χ3n) is 2.65. The Kier molecular flexibility index (Phi) is 2.67. The van der Waals surface area contributed by atoms with E-state index in [1.807, 2.05) is 12.5 Å². The summed E-state index contributed by atoms with van der Waals surface area (Å²) < 4.78 is 13.4. The van der Waals surface area contributed by atoms with Crippen LogP contribution < -0.4 is 0 Å². The summed E-state index contributed by atoms with van der Waals surface area (Å²) in [5, 5.41) is 0. The highest BCUT2D eigenvalue weighted by Crippen LogP contribution is 2.25. The standard InChI is InChI=1S/C11H15FN/c12-10-6-2-3-7-11(10)13-8-4-1-5-9-13/h2,6-7H,1,3-5,8-9H2. The van der Waals surface area contributed by atoms with Crippen LogP contribution in [0.5, 0.6) is 0 Å². The van der Waals surface area contributed by atoms with Crippen molar-refractivity contribution in [3.8, 4) is 0 Å². The molecule has 1 aliphatic carbocycles. The molecule has 0 bridgehead atoms. The quantitative estimate of drug-likeness (QED) is 0.599. The van der Waals surface area contributed by atoms with Gasteiger partial charge in [-0.2, -0.15) is 0 Å². The first-order valence-electron chi connectivity index (χ1n) is 5.02. The zero-order valence-electron chi connectivity index (χ0n) is 7.80. The van der Waals surface area contributed by atoms with Gasteiger partial charge in [0.25, 0.3) is 0 Å². The van der Waals surface area contributed by atoms with E-state index >= 15 is 0 Å². The summed E-state index contributed by atoms with van der Waals surface area (Å²) in [4.78, 5) is 2.17. The van der Waals surface area contributed by atoms with E-state index in [4.69, 9.17) is 0 Å². The Bertz CT molecular complexity index is 236. The predicted molar refractivity (Wildman–Crippen MR) is 51.6 cm³/mol. The second-order valence-electron chi connectivity index (χ2n) is 3.62. The molecule has 0 N–H and O–H groups in total. The van der Waals surface area contributed by atoms with Gasteiger partial charge in [-0.15, -0.1) is 0 Å². The fraction of sp³-hybridized carbons (Fsp3) is 0.545. The number of nitrogens with zero attached hydrogens (tertiary/aromatic N) is 1. The third kappa shape index (κ3) is 1.93. The molecule has 1 fully saturated rings. The summed E-state index contributed by atoms with van der Waals surface area (Å²) in [6.07, 6.45) is 10.0. The van der Waals surface area contributed by atoms with Gasteiger partial charge in [-0.3, -0.25) is 0 Å². The van der Waals surface area contributed by atoms with Gasteiger partial charge in [0.2, 0.25) is 0 Å². The smallest absolute Gasteiger partial charge is 0.142 e. The van der Waals surface area contributed by atoms with Gasteiger partial charge in [0.15, 0.2) is 0 Å². The summed E-state index contributed by atoms with van der Waals surface area (Å²) in [5.74, 6) is -0.0619. The Hall–Kier alpha value is -0.790. The average Bonchev–Trinajstić information content (AvgIpc) is 2.20. The van der Waals surface area contributed by atoms with Gasteiger partial charge < -0.3 is 4.90 Å². The minimum absolute atomic E-state index is 0.0619. The lowest BCUT2D eigenvalue weighted by atomic mass is 10.1. The lowest BCUT2D eigenvalue weighted by molar-refractivity contribution is 0.278. The third-order valence-corrected chi connectivity index (χ3v) is 2.65. The molecule has 1 nitrogen and oxygen atoms in total. The first-order chi connectivity index (χ1) is 6.38. The SMILES string of the molecule is FC1=C[CH]CC=C1N1CCCCC1. The second kappa shape index (κ2) is 3.95. The van der Waals surface area contributed by atoms with Gasteiger partial charge in [0.05, 0.1) is 5.70 Å². The number of rotatable bonds is 1. The van der Waals surface area contributed by atoms with Crippen LogP contribution in [0.1, 0.15) is 25.7 Å². The van der Waals surface area contributed by atoms with Crippen molar-refractivity contribution in [3.63, 3.8) is 0 Å². The van der Waals surface area contributed by atoms with Gasteiger partial charge in [-0.1, -0.05) is 6.08 Å². The first-order valence-corrected chi connectivity index (χ1v) is 5.02. The Morgan fingerprint density at radius 2 is 1.92 bits per heavy atom. The zero-order valence-corrected chi connectivity index (χ0v) is 7.80. The molecule has 71 valence electrons. The molecule has 0 unspecified atom stereocenters. The van der Waals surface area contributed by atoms with Crippen LogP contribution in [0.15, 0.2) is 23.7 Å². The number of likely N-dealkylation sites (tertiary alicyclic amines) is 1. The van der Waals surface area contributed by atoms with Gasteiger partial charge in [0, 0.05) is 13.1 Å². The van der Waals surface area contributed by atoms with Gasteiger partial charge in [0.1, 0.15) is 5.83 Å². The fourth-order valence-corrected chi connectivity index (χ4v) is 1.95. The maximum absolute atomic E-state index is 13.4. The number of piperidine rings is 1. The zero-order chi connectivity index (χ0) is 9.10. The summed E-state index contributed by atoms with van der Waals surface area (Å²) in [7, 11) is 0. The molecule has 0 amide bonds. The number of hydrogen-bond donors (Lipinski definition) is 0. The molecule has 0 atom stereocenters. The van der Waals surface area contributed by atoms with Crippen LogP contribution in [0.25, 0.3) is 0 Å². The summed E-state index contributed by atoms with van der Waals surface area (Å²) in [5.41, 5.74) is 0.821. The predicted octanol–water partition coefficient (Wildman–Crippen LogP) is 2.82. The van der Waals surface area contributed by atoms with E-state index in [0.717, 1.165) is 25.2 Å². The molecule has 0 aromatic heterocycles. The minimum atomic E-state index is -0.0619. The van der Waals surface area contributed by atoms with E-state index in [1.54, 1.807) is 6.08 Å². The number of hydrogen-bond acceptors (Lipinski definition) is 1. The van der Waals surface area contributed by atoms with Gasteiger partial charge >= 0.3 is 0 Å². The van der Waals surface area contributed by atoms with E-state index in [1.165, 1.54) is 19.3 Å². The molecule has 1 aliphatic heterocycles. The van der Waals surface area contributed by atoms with Crippen LogP contribution in [0, 0.1) is 6.42 Å². The Labute approximate surface area is 78.9 Å². The molecule has 2 rings (SSSR count). The van der Waals surface area contributed by atoms with Crippen molar-refractivity contribution in [2.45, 2.75) is 25.7 Å². The molecule has 0 saturated carbocycles. The molecule has 0 aromatic rings. The van der Waals surface area contributed by atoms with Crippen LogP contribution in [0.2, 0.25) is 0 Å². The number of allylic oxidation sites excluding steroid dienone is 3. The van der Waals surface area contributed by atoms with Crippen molar-refractivity contribution in [1.82, 2.24) is 4.90 Å². The molecule has 0 spiro atoms. The normalized spacial score (nSPS) is 23.9. The topological polar surface area (TPSA) is 3.24 Å². The highest BCUT2D eigenvalue weighted by Gasteiger charge is 2.17. The summed E-state index contributed by atoms with van der Waals surface area (Å²) >= 11 is 0. The van der Waals surface area contributed by atoms with Crippen LogP contribution in [-0.2, 0) is 0 Å². The lowest BCUT2D eigenvalue weighted by Gasteiger charge is -2.31. The van der Waals surface area contributed by atoms with Gasteiger partial charge in [-0.05, 0) is 38.2 Å². The van der Waals surface area contributed by atoms with Crippen LogP contribution in [0.3, 0.4) is 0 Å². The van der Waals surface area contributed by atoms with Crippen molar-refractivity contribution < 1.29 is 4.39 Å². The molecule has 2 heteroatoms. The molecular weight excluding hydrogens is 165 g/mol. The van der Waals surface area contributed by atoms with E-state index in [0.29, 0.717) is 0 Å². The largest absolute Gasteiger partial charge is 0.369 e. The van der Waals surface area contributed by atoms with Crippen molar-refractivity contribution in [1.29, 1.82) is 0 Å². The van der Waals surface area contributed by atoms with Crippen molar-refractivity contribution in [3.05, 3.63) is 30.1 Å². The molecule has 1 heterocycles. The molecule has 1 radical (unpaired) electrons. The molecule has 1 saturated heterocycles. The molecular formula is C11H15FN.